The molecule has 2 aromatic carbocycles. The van der Waals surface area contributed by atoms with Gasteiger partial charge in [0.25, 0.3) is 11.8 Å². The van der Waals surface area contributed by atoms with Crippen molar-refractivity contribution >= 4 is 23.2 Å². The van der Waals surface area contributed by atoms with Gasteiger partial charge >= 0.3 is 0 Å². The molecule has 0 atom stereocenters. The quantitative estimate of drug-likeness (QED) is 0.579. The smallest absolute Gasteiger partial charge is 0.291 e. The van der Waals surface area contributed by atoms with Crippen molar-refractivity contribution in [1.29, 1.82) is 0 Å². The molecule has 7 nitrogen and oxygen atoms in total. The van der Waals surface area contributed by atoms with Gasteiger partial charge in [-0.2, -0.15) is 5.10 Å². The summed E-state index contributed by atoms with van der Waals surface area (Å²) in [5.41, 5.74) is 5.52. The molecule has 164 valence electrons. The van der Waals surface area contributed by atoms with E-state index < -0.39 is 5.91 Å². The van der Waals surface area contributed by atoms with Crippen LogP contribution in [0.15, 0.2) is 58.0 Å². The number of anilines is 1. The van der Waals surface area contributed by atoms with E-state index in [1.807, 2.05) is 0 Å². The van der Waals surface area contributed by atoms with Gasteiger partial charge in [0.2, 0.25) is 0 Å². The van der Waals surface area contributed by atoms with E-state index in [-0.39, 0.29) is 17.5 Å². The molecule has 4 rings (SSSR count). The van der Waals surface area contributed by atoms with Crippen molar-refractivity contribution in [1.82, 2.24) is 5.43 Å². The van der Waals surface area contributed by atoms with Gasteiger partial charge in [-0.15, -0.1) is 0 Å². The molecule has 2 N–H and O–H groups in total. The number of furan rings is 1. The predicted molar refractivity (Wildman–Crippen MR) is 118 cm³/mol. The van der Waals surface area contributed by atoms with E-state index in [4.69, 9.17) is 9.15 Å². The summed E-state index contributed by atoms with van der Waals surface area (Å²) in [6, 6.07) is 12.3. The number of hydrogen-bond acceptors (Lipinski definition) is 5. The fourth-order valence-corrected chi connectivity index (χ4v) is 3.66. The van der Waals surface area contributed by atoms with Crippen LogP contribution in [0.1, 0.15) is 50.6 Å². The van der Waals surface area contributed by atoms with Gasteiger partial charge in [0.1, 0.15) is 17.3 Å². The average molecular weight is 435 g/mol. The van der Waals surface area contributed by atoms with Crippen LogP contribution in [0.4, 0.5) is 10.1 Å². The van der Waals surface area contributed by atoms with E-state index in [9.17, 15) is 14.0 Å². The third-order valence-electron chi connectivity index (χ3n) is 5.26. The zero-order valence-electron chi connectivity index (χ0n) is 17.7. The number of halogens is 1. The Morgan fingerprint density at radius 2 is 1.88 bits per heavy atom. The predicted octanol–water partition coefficient (Wildman–Crippen LogP) is 4.46. The van der Waals surface area contributed by atoms with Gasteiger partial charge in [-0.25, -0.2) is 9.82 Å². The Labute approximate surface area is 184 Å². The summed E-state index contributed by atoms with van der Waals surface area (Å²) in [5.74, 6) is 0.236. The standard InChI is InChI=1S/C24H22FN3O4/c1-14-21-19(27-28-23(29)15-5-3-6-18(13-15)31-2)7-4-8-20(21)32-22(14)24(30)26-17-11-9-16(25)10-12-17/h3,5-6,9-13H,4,7-8H2,1-2H3,(H,26,30)(H,28,29)/b27-19+. The summed E-state index contributed by atoms with van der Waals surface area (Å²) in [4.78, 5) is 25.2. The van der Waals surface area contributed by atoms with Crippen LogP contribution in [-0.2, 0) is 6.42 Å². The van der Waals surface area contributed by atoms with Gasteiger partial charge in [-0.1, -0.05) is 6.07 Å². The lowest BCUT2D eigenvalue weighted by atomic mass is 9.93. The lowest BCUT2D eigenvalue weighted by molar-refractivity contribution is 0.0953. The highest BCUT2D eigenvalue weighted by atomic mass is 19.1. The highest BCUT2D eigenvalue weighted by molar-refractivity contribution is 6.09. The van der Waals surface area contributed by atoms with E-state index in [0.29, 0.717) is 46.9 Å². The number of methoxy groups -OCH3 is 1. The zero-order chi connectivity index (χ0) is 22.7. The Morgan fingerprint density at radius 3 is 2.62 bits per heavy atom. The topological polar surface area (TPSA) is 92.9 Å². The Hall–Kier alpha value is -3.94. The number of amides is 2. The van der Waals surface area contributed by atoms with E-state index in [0.717, 1.165) is 12.0 Å². The summed E-state index contributed by atoms with van der Waals surface area (Å²) in [6.07, 6.45) is 2.10. The summed E-state index contributed by atoms with van der Waals surface area (Å²) in [7, 11) is 1.53. The van der Waals surface area contributed by atoms with Crippen LogP contribution in [0.25, 0.3) is 0 Å². The number of carbonyl (C=O) groups excluding carboxylic acids is 2. The lowest BCUT2D eigenvalue weighted by Crippen LogP contribution is -2.22. The van der Waals surface area contributed by atoms with Crippen LogP contribution >= 0.6 is 0 Å². The highest BCUT2D eigenvalue weighted by Crippen LogP contribution is 2.30. The number of aryl methyl sites for hydroxylation is 1. The summed E-state index contributed by atoms with van der Waals surface area (Å²) in [6.45, 7) is 1.78. The van der Waals surface area contributed by atoms with Crippen molar-refractivity contribution in [2.45, 2.75) is 26.2 Å². The number of nitrogens with one attached hydrogen (secondary N) is 2. The van der Waals surface area contributed by atoms with Crippen molar-refractivity contribution < 1.29 is 23.1 Å². The fourth-order valence-electron chi connectivity index (χ4n) is 3.66. The molecule has 1 heterocycles. The average Bonchev–Trinajstić information content (AvgIpc) is 3.16. The first-order chi connectivity index (χ1) is 15.5. The third kappa shape index (κ3) is 4.39. The summed E-state index contributed by atoms with van der Waals surface area (Å²) in [5, 5.41) is 7.04. The maximum atomic E-state index is 13.1. The van der Waals surface area contributed by atoms with Gasteiger partial charge in [-0.3, -0.25) is 9.59 Å². The number of benzene rings is 2. The van der Waals surface area contributed by atoms with Crippen LogP contribution in [0.2, 0.25) is 0 Å². The molecule has 0 bridgehead atoms. The minimum atomic E-state index is -0.428. The molecule has 8 heteroatoms. The summed E-state index contributed by atoms with van der Waals surface area (Å²) < 4.78 is 24.1. The van der Waals surface area contributed by atoms with Crippen LogP contribution in [0.5, 0.6) is 5.75 Å². The Morgan fingerprint density at radius 1 is 1.09 bits per heavy atom. The SMILES string of the molecule is COc1cccc(C(=O)N/N=C2\CCCc3oc(C(=O)Nc4ccc(F)cc4)c(C)c32)c1. The van der Waals surface area contributed by atoms with Crippen molar-refractivity contribution in [2.24, 2.45) is 5.10 Å². The minimum absolute atomic E-state index is 0.174. The molecular weight excluding hydrogens is 413 g/mol. The number of hydrogen-bond donors (Lipinski definition) is 2. The molecule has 1 aliphatic carbocycles. The van der Waals surface area contributed by atoms with Crippen molar-refractivity contribution in [2.75, 3.05) is 12.4 Å². The van der Waals surface area contributed by atoms with Gasteiger partial charge in [0.15, 0.2) is 5.76 Å². The second-order valence-electron chi connectivity index (χ2n) is 7.40. The monoisotopic (exact) mass is 435 g/mol. The molecule has 1 aromatic heterocycles. The van der Waals surface area contributed by atoms with Crippen LogP contribution in [-0.4, -0.2) is 24.6 Å². The van der Waals surface area contributed by atoms with Crippen molar-refractivity contribution in [3.63, 3.8) is 0 Å². The largest absolute Gasteiger partial charge is 0.497 e. The fraction of sp³-hybridized carbons (Fsp3) is 0.208. The number of fused-ring (bicyclic) bond motifs is 1. The van der Waals surface area contributed by atoms with Crippen molar-refractivity contribution in [3.05, 3.63) is 82.6 Å². The molecule has 32 heavy (non-hydrogen) atoms. The lowest BCUT2D eigenvalue weighted by Gasteiger charge is -2.13. The van der Waals surface area contributed by atoms with E-state index in [2.05, 4.69) is 15.8 Å². The van der Waals surface area contributed by atoms with Crippen LogP contribution in [0, 0.1) is 12.7 Å². The Balaban J connectivity index is 1.55. The molecule has 0 radical (unpaired) electrons. The summed E-state index contributed by atoms with van der Waals surface area (Å²) >= 11 is 0. The van der Waals surface area contributed by atoms with Gasteiger partial charge < -0.3 is 14.5 Å². The molecule has 0 saturated heterocycles. The number of nitrogens with zero attached hydrogens (tertiary/aromatic N) is 1. The Bertz CT molecular complexity index is 1200. The number of hydrazone groups is 1. The van der Waals surface area contributed by atoms with E-state index in [1.54, 1.807) is 31.2 Å². The highest BCUT2D eigenvalue weighted by Gasteiger charge is 2.28. The van der Waals surface area contributed by atoms with Crippen LogP contribution in [0.3, 0.4) is 0 Å². The zero-order valence-corrected chi connectivity index (χ0v) is 17.7. The van der Waals surface area contributed by atoms with E-state index >= 15 is 0 Å². The first-order valence-electron chi connectivity index (χ1n) is 10.2. The molecule has 0 saturated carbocycles. The first kappa shape index (κ1) is 21.3. The minimum Gasteiger partial charge on any atom is -0.497 e. The van der Waals surface area contributed by atoms with Gasteiger partial charge in [0.05, 0.1) is 12.8 Å². The van der Waals surface area contributed by atoms with E-state index in [1.165, 1.54) is 31.4 Å². The molecule has 0 fully saturated rings. The number of rotatable bonds is 5. The second kappa shape index (κ2) is 9.05. The van der Waals surface area contributed by atoms with Crippen molar-refractivity contribution in [3.8, 4) is 5.75 Å². The second-order valence-corrected chi connectivity index (χ2v) is 7.40. The molecule has 1 aliphatic rings. The number of ether oxygens (including phenoxy) is 1. The molecule has 3 aromatic rings. The molecule has 0 unspecified atom stereocenters. The maximum Gasteiger partial charge on any atom is 0.291 e. The van der Waals surface area contributed by atoms with Gasteiger partial charge in [0, 0.05) is 28.8 Å². The maximum absolute atomic E-state index is 13.1. The number of carbonyl (C=O) groups is 2. The molecule has 2 amide bonds. The normalized spacial score (nSPS) is 14.0. The molecular formula is C24H22FN3O4. The molecule has 0 aliphatic heterocycles. The Kier molecular flexibility index (Phi) is 6.02. The first-order valence-corrected chi connectivity index (χ1v) is 10.2. The van der Waals surface area contributed by atoms with Gasteiger partial charge in [-0.05, 0) is 62.2 Å². The third-order valence-corrected chi connectivity index (χ3v) is 5.26. The molecule has 0 spiro atoms. The van der Waals surface area contributed by atoms with Crippen LogP contribution < -0.4 is 15.5 Å².